The number of benzene rings is 2. The second kappa shape index (κ2) is 16.7. The summed E-state index contributed by atoms with van der Waals surface area (Å²) in [5.74, 6) is 2.33. The molecule has 0 bridgehead atoms. The number of nitrogens with zero attached hydrogens (tertiary/aromatic N) is 1. The highest BCUT2D eigenvalue weighted by atomic mass is 16.5. The van der Waals surface area contributed by atoms with Crippen molar-refractivity contribution in [2.75, 3.05) is 41.7 Å². The van der Waals surface area contributed by atoms with E-state index in [0.717, 1.165) is 44.1 Å². The van der Waals surface area contributed by atoms with E-state index in [1.165, 1.54) is 21.3 Å². The minimum atomic E-state index is -0.323. The average Bonchev–Trinajstić information content (AvgIpc) is 2.95. The summed E-state index contributed by atoms with van der Waals surface area (Å²) in [4.78, 5) is 11.3. The van der Waals surface area contributed by atoms with Crippen LogP contribution in [0.15, 0.2) is 42.5 Å². The van der Waals surface area contributed by atoms with Crippen molar-refractivity contribution in [3.63, 3.8) is 0 Å². The maximum absolute atomic E-state index is 11.3. The van der Waals surface area contributed by atoms with E-state index in [4.69, 9.17) is 28.4 Å². The number of rotatable bonds is 17. The lowest BCUT2D eigenvalue weighted by molar-refractivity contribution is -0.139. The lowest BCUT2D eigenvalue weighted by atomic mass is 10.0. The van der Waals surface area contributed by atoms with Crippen LogP contribution in [0, 0.1) is 11.3 Å². The first kappa shape index (κ1) is 31.1. The molecule has 0 unspecified atom stereocenters. The maximum Gasteiger partial charge on any atom is 0.333 e. The van der Waals surface area contributed by atoms with Gasteiger partial charge in [-0.2, -0.15) is 5.26 Å². The predicted octanol–water partition coefficient (Wildman–Crippen LogP) is 6.62. The van der Waals surface area contributed by atoms with Gasteiger partial charge >= 0.3 is 5.97 Å². The minimum absolute atomic E-state index is 0.323. The molecule has 0 radical (unpaired) electrons. The van der Waals surface area contributed by atoms with Gasteiger partial charge in [-0.15, -0.1) is 0 Å². The maximum atomic E-state index is 11.3. The molecule has 2 rings (SSSR count). The molecule has 0 saturated heterocycles. The zero-order valence-electron chi connectivity index (χ0n) is 23.6. The van der Waals surface area contributed by atoms with Gasteiger partial charge in [0, 0.05) is 5.57 Å². The lowest BCUT2D eigenvalue weighted by Gasteiger charge is -2.14. The number of allylic oxidation sites excluding steroid dienone is 1. The monoisotopic (exact) mass is 537 g/mol. The Morgan fingerprint density at radius 1 is 0.821 bits per heavy atom. The van der Waals surface area contributed by atoms with Crippen LogP contribution in [0.5, 0.6) is 28.7 Å². The topological polar surface area (TPSA) is 96.2 Å². The van der Waals surface area contributed by atoms with Crippen LogP contribution in [0.2, 0.25) is 0 Å². The van der Waals surface area contributed by atoms with E-state index in [2.05, 4.69) is 12.6 Å². The van der Waals surface area contributed by atoms with Crippen LogP contribution in [-0.2, 0) is 9.53 Å². The number of nitriles is 1. The van der Waals surface area contributed by atoms with Crippen molar-refractivity contribution in [2.24, 2.45) is 0 Å². The number of hydrogen-bond acceptors (Lipinski definition) is 8. The summed E-state index contributed by atoms with van der Waals surface area (Å²) >= 11 is 0. The molecule has 0 N–H and O–H groups in total. The summed E-state index contributed by atoms with van der Waals surface area (Å²) in [7, 11) is 6.20. The number of unbranched alkanes of at least 4 members (excludes halogenated alkanes) is 5. The molecule has 0 aliphatic rings. The van der Waals surface area contributed by atoms with Gasteiger partial charge in [0.15, 0.2) is 23.0 Å². The first-order valence-corrected chi connectivity index (χ1v) is 12.9. The highest BCUT2D eigenvalue weighted by molar-refractivity contribution is 5.91. The van der Waals surface area contributed by atoms with Gasteiger partial charge in [-0.1, -0.05) is 38.3 Å². The van der Waals surface area contributed by atoms with Crippen LogP contribution in [0.3, 0.4) is 0 Å². The summed E-state index contributed by atoms with van der Waals surface area (Å²) < 4.78 is 32.8. The molecule has 0 amide bonds. The van der Waals surface area contributed by atoms with Crippen molar-refractivity contribution in [3.8, 4) is 34.8 Å². The van der Waals surface area contributed by atoms with E-state index >= 15 is 0 Å². The van der Waals surface area contributed by atoms with Crippen molar-refractivity contribution in [1.29, 1.82) is 5.26 Å². The Hall–Kier alpha value is -4.12. The molecule has 8 heteroatoms. The van der Waals surface area contributed by atoms with Gasteiger partial charge in [0.25, 0.3) is 0 Å². The molecule has 0 saturated carbocycles. The van der Waals surface area contributed by atoms with Crippen LogP contribution >= 0.6 is 0 Å². The molecule has 0 atom stereocenters. The van der Waals surface area contributed by atoms with Crippen molar-refractivity contribution in [2.45, 2.75) is 45.4 Å². The highest BCUT2D eigenvalue weighted by Crippen LogP contribution is 2.40. The van der Waals surface area contributed by atoms with Gasteiger partial charge in [0.1, 0.15) is 0 Å². The number of methoxy groups -OCH3 is 4. The molecule has 0 aliphatic carbocycles. The van der Waals surface area contributed by atoms with Gasteiger partial charge in [0.05, 0.1) is 53.3 Å². The Bertz CT molecular complexity index is 1150. The number of carbonyl (C=O) groups is 1. The average molecular weight is 538 g/mol. The van der Waals surface area contributed by atoms with Crippen molar-refractivity contribution >= 4 is 17.6 Å². The second-order valence-electron chi connectivity index (χ2n) is 8.88. The smallest absolute Gasteiger partial charge is 0.333 e. The molecule has 0 aliphatic heterocycles. The zero-order chi connectivity index (χ0) is 28.6. The summed E-state index contributed by atoms with van der Waals surface area (Å²) in [5, 5.41) is 9.85. The summed E-state index contributed by atoms with van der Waals surface area (Å²) in [5.41, 5.74) is 2.29. The van der Waals surface area contributed by atoms with Crippen molar-refractivity contribution in [1.82, 2.24) is 0 Å². The summed E-state index contributed by atoms with van der Waals surface area (Å²) in [6.45, 7) is 6.24. The second-order valence-corrected chi connectivity index (χ2v) is 8.88. The molecule has 0 heterocycles. The minimum Gasteiger partial charge on any atom is -0.493 e. The van der Waals surface area contributed by atoms with Crippen LogP contribution in [0.25, 0.3) is 11.6 Å². The van der Waals surface area contributed by atoms with Crippen LogP contribution < -0.4 is 23.7 Å². The third kappa shape index (κ3) is 9.60. The normalized spacial score (nSPS) is 10.8. The van der Waals surface area contributed by atoms with Crippen molar-refractivity contribution < 1.29 is 33.2 Å². The third-order valence-corrected chi connectivity index (χ3v) is 5.97. The predicted molar refractivity (Wildman–Crippen MR) is 152 cm³/mol. The van der Waals surface area contributed by atoms with Gasteiger partial charge in [-0.05, 0) is 61.2 Å². The van der Waals surface area contributed by atoms with E-state index < -0.39 is 0 Å². The first-order chi connectivity index (χ1) is 18.9. The number of esters is 1. The first-order valence-electron chi connectivity index (χ1n) is 12.9. The van der Waals surface area contributed by atoms with Crippen molar-refractivity contribution in [3.05, 3.63) is 53.6 Å². The fourth-order valence-electron chi connectivity index (χ4n) is 3.86. The quantitative estimate of drug-likeness (QED) is 0.0730. The van der Waals surface area contributed by atoms with E-state index in [1.54, 1.807) is 32.2 Å². The molecule has 210 valence electrons. The Labute approximate surface area is 231 Å². The molecule has 8 nitrogen and oxygen atoms in total. The van der Waals surface area contributed by atoms with E-state index in [0.29, 0.717) is 58.7 Å². The molecule has 0 fully saturated rings. The SMILES string of the molecule is C=C(C)C(=O)OCCCCCCCCOc1ccc(/C=C(\C#N)c2cc(OC)c(OC)c(OC)c2)cc1OC. The van der Waals surface area contributed by atoms with E-state index in [9.17, 15) is 10.1 Å². The molecular formula is C31H39NO7. The standard InChI is InChI=1S/C31H39NO7/c1-22(2)31(33)39-16-12-10-8-7-9-11-15-38-26-14-13-23(18-27(26)34-3)17-25(21-32)24-19-28(35-4)30(37-6)29(20-24)36-5/h13-14,17-20H,1,7-12,15-16H2,2-6H3/b25-17+. The Balaban J connectivity index is 1.92. The Morgan fingerprint density at radius 2 is 1.41 bits per heavy atom. The van der Waals surface area contributed by atoms with Crippen LogP contribution in [-0.4, -0.2) is 47.6 Å². The summed E-state index contributed by atoms with van der Waals surface area (Å²) in [6.07, 6.45) is 7.81. The van der Waals surface area contributed by atoms with E-state index in [1.807, 2.05) is 18.2 Å². The molecule has 2 aromatic carbocycles. The summed E-state index contributed by atoms with van der Waals surface area (Å²) in [6, 6.07) is 11.3. The van der Waals surface area contributed by atoms with Crippen LogP contribution in [0.4, 0.5) is 0 Å². The van der Waals surface area contributed by atoms with Gasteiger partial charge < -0.3 is 28.4 Å². The van der Waals surface area contributed by atoms with Crippen LogP contribution in [0.1, 0.15) is 56.6 Å². The number of hydrogen-bond donors (Lipinski definition) is 0. The Morgan fingerprint density at radius 3 is 1.95 bits per heavy atom. The molecular weight excluding hydrogens is 498 g/mol. The third-order valence-electron chi connectivity index (χ3n) is 5.97. The largest absolute Gasteiger partial charge is 0.493 e. The fraction of sp³-hybridized carbons (Fsp3) is 0.419. The van der Waals surface area contributed by atoms with E-state index in [-0.39, 0.29) is 5.97 Å². The molecule has 0 aromatic heterocycles. The Kier molecular flexibility index (Phi) is 13.3. The zero-order valence-corrected chi connectivity index (χ0v) is 23.6. The number of ether oxygens (including phenoxy) is 6. The lowest BCUT2D eigenvalue weighted by Crippen LogP contribution is -2.06. The molecule has 2 aromatic rings. The highest BCUT2D eigenvalue weighted by Gasteiger charge is 2.15. The van der Waals surface area contributed by atoms with Gasteiger partial charge in [-0.25, -0.2) is 4.79 Å². The number of carbonyl (C=O) groups excluding carboxylic acids is 1. The molecule has 39 heavy (non-hydrogen) atoms. The van der Waals surface area contributed by atoms with Gasteiger partial charge in [-0.3, -0.25) is 0 Å². The fourth-order valence-corrected chi connectivity index (χ4v) is 3.86. The van der Waals surface area contributed by atoms with Gasteiger partial charge in [0.2, 0.25) is 5.75 Å². The molecule has 0 spiro atoms.